The molecule has 0 saturated heterocycles. The molecule has 1 N–H and O–H groups in total. The molecule has 2 aromatic heterocycles. The monoisotopic (exact) mass is 295 g/mol. The topological polar surface area (TPSA) is 85.1 Å². The molecule has 0 spiro atoms. The maximum atomic E-state index is 12.0. The van der Waals surface area contributed by atoms with Crippen LogP contribution < -0.4 is 4.72 Å². The molecule has 108 valence electrons. The van der Waals surface area contributed by atoms with Gasteiger partial charge in [0.05, 0.1) is 12.7 Å². The summed E-state index contributed by atoms with van der Waals surface area (Å²) in [6.07, 6.45) is 4.43. The molecule has 2 rings (SSSR count). The summed E-state index contributed by atoms with van der Waals surface area (Å²) in [5.41, 5.74) is -0.159. The third-order valence-corrected chi connectivity index (χ3v) is 4.04. The molecule has 0 aromatic carbocycles. The predicted octanol–water partition coefficient (Wildman–Crippen LogP) is 1.85. The molecule has 0 fully saturated rings. The van der Waals surface area contributed by atoms with Gasteiger partial charge < -0.3 is 4.42 Å². The maximum Gasteiger partial charge on any atom is 0.242 e. The van der Waals surface area contributed by atoms with Gasteiger partial charge in [-0.1, -0.05) is 20.8 Å². The van der Waals surface area contributed by atoms with E-state index in [2.05, 4.69) is 14.7 Å². The molecule has 0 aliphatic heterocycles. The van der Waals surface area contributed by atoms with Crippen LogP contribution in [0.3, 0.4) is 0 Å². The van der Waals surface area contributed by atoms with Gasteiger partial charge in [0.15, 0.2) is 0 Å². The van der Waals surface area contributed by atoms with E-state index in [0.29, 0.717) is 11.7 Å². The van der Waals surface area contributed by atoms with Gasteiger partial charge in [-0.25, -0.2) is 18.1 Å². The zero-order valence-electron chi connectivity index (χ0n) is 11.6. The van der Waals surface area contributed by atoms with Crippen LogP contribution >= 0.6 is 0 Å². The second kappa shape index (κ2) is 5.34. The summed E-state index contributed by atoms with van der Waals surface area (Å²) in [5, 5.41) is 0. The van der Waals surface area contributed by atoms with E-state index in [1.54, 1.807) is 12.3 Å². The highest BCUT2D eigenvalue weighted by molar-refractivity contribution is 7.89. The Morgan fingerprint density at radius 1 is 1.30 bits per heavy atom. The van der Waals surface area contributed by atoms with E-state index in [4.69, 9.17) is 4.42 Å². The van der Waals surface area contributed by atoms with Crippen LogP contribution in [0, 0.1) is 0 Å². The van der Waals surface area contributed by atoms with Crippen molar-refractivity contribution < 1.29 is 12.8 Å². The zero-order valence-corrected chi connectivity index (χ0v) is 12.4. The van der Waals surface area contributed by atoms with Gasteiger partial charge in [-0.05, 0) is 12.1 Å². The van der Waals surface area contributed by atoms with Crippen molar-refractivity contribution in [1.29, 1.82) is 0 Å². The van der Waals surface area contributed by atoms with Crippen molar-refractivity contribution in [3.05, 3.63) is 42.4 Å². The van der Waals surface area contributed by atoms with E-state index in [-0.39, 0.29) is 16.9 Å². The minimum atomic E-state index is -3.60. The summed E-state index contributed by atoms with van der Waals surface area (Å²) in [7, 11) is -3.60. The van der Waals surface area contributed by atoms with E-state index in [1.165, 1.54) is 18.5 Å². The Kier molecular flexibility index (Phi) is 3.92. The molecule has 0 atom stereocenters. The Bertz CT molecular complexity index is 672. The molecule has 0 radical (unpaired) electrons. The lowest BCUT2D eigenvalue weighted by molar-refractivity contribution is 0.380. The number of hydrogen-bond donors (Lipinski definition) is 1. The second-order valence-electron chi connectivity index (χ2n) is 5.38. The quantitative estimate of drug-likeness (QED) is 0.930. The highest BCUT2D eigenvalue weighted by Crippen LogP contribution is 2.22. The maximum absolute atomic E-state index is 12.0. The standard InChI is InChI=1S/C13H17N3O3S/c1-13(2,3)11-8-15-12(19-11)9-16-20(17,18)10-5-4-6-14-7-10/h4-8,16H,9H2,1-3H3. The van der Waals surface area contributed by atoms with Crippen LogP contribution in [0.2, 0.25) is 0 Å². The molecule has 0 aliphatic carbocycles. The molecule has 2 heterocycles. The van der Waals surface area contributed by atoms with Crippen molar-refractivity contribution in [3.8, 4) is 0 Å². The van der Waals surface area contributed by atoms with Crippen LogP contribution in [0.5, 0.6) is 0 Å². The van der Waals surface area contributed by atoms with Crippen LogP contribution in [-0.2, 0) is 22.0 Å². The Morgan fingerprint density at radius 2 is 2.05 bits per heavy atom. The third-order valence-electron chi connectivity index (χ3n) is 2.65. The predicted molar refractivity (Wildman–Crippen MR) is 73.5 cm³/mol. The van der Waals surface area contributed by atoms with Gasteiger partial charge in [0, 0.05) is 17.8 Å². The number of sulfonamides is 1. The largest absolute Gasteiger partial charge is 0.444 e. The van der Waals surface area contributed by atoms with Crippen LogP contribution in [-0.4, -0.2) is 18.4 Å². The van der Waals surface area contributed by atoms with Gasteiger partial charge in [-0.3, -0.25) is 4.98 Å². The molecule has 7 heteroatoms. The SMILES string of the molecule is CC(C)(C)c1cnc(CNS(=O)(=O)c2cccnc2)o1. The van der Waals surface area contributed by atoms with Gasteiger partial charge in [0.1, 0.15) is 10.7 Å². The summed E-state index contributed by atoms with van der Waals surface area (Å²) >= 11 is 0. The Hall–Kier alpha value is -1.73. The summed E-state index contributed by atoms with van der Waals surface area (Å²) in [6.45, 7) is 6.00. The second-order valence-corrected chi connectivity index (χ2v) is 7.15. The summed E-state index contributed by atoms with van der Waals surface area (Å²) in [4.78, 5) is 7.97. The minimum absolute atomic E-state index is 0.00725. The van der Waals surface area contributed by atoms with Crippen LogP contribution in [0.1, 0.15) is 32.4 Å². The fourth-order valence-electron chi connectivity index (χ4n) is 1.48. The average Bonchev–Trinajstić information content (AvgIpc) is 2.86. The number of aromatic nitrogens is 2. The molecule has 2 aromatic rings. The first-order valence-electron chi connectivity index (χ1n) is 6.14. The summed E-state index contributed by atoms with van der Waals surface area (Å²) in [6, 6.07) is 3.04. The van der Waals surface area contributed by atoms with Crippen molar-refractivity contribution in [3.63, 3.8) is 0 Å². The summed E-state index contributed by atoms with van der Waals surface area (Å²) < 4.78 is 31.9. The van der Waals surface area contributed by atoms with Gasteiger partial charge in [-0.15, -0.1) is 0 Å². The molecular formula is C13H17N3O3S. The Morgan fingerprint density at radius 3 is 2.60 bits per heavy atom. The van der Waals surface area contributed by atoms with Crippen molar-refractivity contribution in [2.45, 2.75) is 37.6 Å². The van der Waals surface area contributed by atoms with Crippen molar-refractivity contribution in [2.24, 2.45) is 0 Å². The van der Waals surface area contributed by atoms with Crippen molar-refractivity contribution >= 4 is 10.0 Å². The molecule has 0 unspecified atom stereocenters. The molecule has 20 heavy (non-hydrogen) atoms. The van der Waals surface area contributed by atoms with Crippen LogP contribution in [0.4, 0.5) is 0 Å². The van der Waals surface area contributed by atoms with E-state index in [1.807, 2.05) is 20.8 Å². The van der Waals surface area contributed by atoms with Crippen LogP contribution in [0.25, 0.3) is 0 Å². The first kappa shape index (κ1) is 14.7. The lowest BCUT2D eigenvalue weighted by Crippen LogP contribution is -2.23. The minimum Gasteiger partial charge on any atom is -0.444 e. The highest BCUT2D eigenvalue weighted by atomic mass is 32.2. The van der Waals surface area contributed by atoms with Gasteiger partial charge in [0.25, 0.3) is 0 Å². The summed E-state index contributed by atoms with van der Waals surface area (Å²) in [5.74, 6) is 1.05. The van der Waals surface area contributed by atoms with Crippen LogP contribution in [0.15, 0.2) is 40.0 Å². The van der Waals surface area contributed by atoms with Crippen molar-refractivity contribution in [2.75, 3.05) is 0 Å². The van der Waals surface area contributed by atoms with E-state index >= 15 is 0 Å². The molecule has 0 saturated carbocycles. The van der Waals surface area contributed by atoms with E-state index in [9.17, 15) is 8.42 Å². The van der Waals surface area contributed by atoms with E-state index in [0.717, 1.165) is 0 Å². The molecule has 0 aliphatic rings. The van der Waals surface area contributed by atoms with Gasteiger partial charge in [0.2, 0.25) is 15.9 Å². The number of oxazole rings is 1. The first-order valence-corrected chi connectivity index (χ1v) is 7.62. The fourth-order valence-corrected chi connectivity index (χ4v) is 2.42. The van der Waals surface area contributed by atoms with E-state index < -0.39 is 10.0 Å². The normalized spacial score (nSPS) is 12.6. The number of hydrogen-bond acceptors (Lipinski definition) is 5. The highest BCUT2D eigenvalue weighted by Gasteiger charge is 2.20. The molecule has 0 amide bonds. The smallest absolute Gasteiger partial charge is 0.242 e. The Balaban J connectivity index is 2.08. The molecular weight excluding hydrogens is 278 g/mol. The lowest BCUT2D eigenvalue weighted by Gasteiger charge is -2.13. The third kappa shape index (κ3) is 3.43. The van der Waals surface area contributed by atoms with Gasteiger partial charge >= 0.3 is 0 Å². The zero-order chi connectivity index (χ0) is 14.8. The number of nitrogens with one attached hydrogen (secondary N) is 1. The van der Waals surface area contributed by atoms with Gasteiger partial charge in [-0.2, -0.15) is 0 Å². The number of nitrogens with zero attached hydrogens (tertiary/aromatic N) is 2. The Labute approximate surface area is 118 Å². The number of pyridine rings is 1. The number of rotatable bonds is 4. The first-order chi connectivity index (χ1) is 9.29. The average molecular weight is 295 g/mol. The fraction of sp³-hybridized carbons (Fsp3) is 0.385. The van der Waals surface area contributed by atoms with Crippen molar-refractivity contribution in [1.82, 2.24) is 14.7 Å². The lowest BCUT2D eigenvalue weighted by atomic mass is 9.94. The molecule has 6 nitrogen and oxygen atoms in total. The molecule has 0 bridgehead atoms.